The summed E-state index contributed by atoms with van der Waals surface area (Å²) in [5, 5.41) is 9.37. The van der Waals surface area contributed by atoms with Gasteiger partial charge in [-0.3, -0.25) is 0 Å². The summed E-state index contributed by atoms with van der Waals surface area (Å²) in [5.41, 5.74) is -5.76. The van der Waals surface area contributed by atoms with E-state index in [1.807, 2.05) is 13.8 Å². The number of rotatable bonds is 4. The van der Waals surface area contributed by atoms with Gasteiger partial charge in [-0.25, -0.2) is 0 Å². The van der Waals surface area contributed by atoms with E-state index in [1.165, 1.54) is 6.08 Å². The smallest absolute Gasteiger partial charge is 0.396 e. The Hall–Kier alpha value is -0.760. The van der Waals surface area contributed by atoms with E-state index in [4.69, 9.17) is 0 Å². The summed E-state index contributed by atoms with van der Waals surface area (Å²) in [7, 11) is -5.62. The minimum atomic E-state index is -5.62. The van der Waals surface area contributed by atoms with Crippen molar-refractivity contribution in [1.29, 1.82) is 0 Å². The third-order valence-electron chi connectivity index (χ3n) is 5.25. The summed E-state index contributed by atoms with van der Waals surface area (Å²) >= 11 is 0. The van der Waals surface area contributed by atoms with Crippen molar-refractivity contribution < 1.29 is 30.9 Å². The first kappa shape index (κ1) is 17.6. The Balaban J connectivity index is 2.26. The third-order valence-corrected chi connectivity index (χ3v) is 6.22. The van der Waals surface area contributed by atoms with E-state index in [9.17, 15) is 26.7 Å². The van der Waals surface area contributed by atoms with Gasteiger partial charge in [-0.15, -0.1) is 0 Å². The molecule has 0 aromatic rings. The van der Waals surface area contributed by atoms with Gasteiger partial charge in [0, 0.05) is 12.5 Å². The molecule has 0 spiro atoms. The van der Waals surface area contributed by atoms with Crippen LogP contribution in [0.4, 0.5) is 13.2 Å². The van der Waals surface area contributed by atoms with Crippen LogP contribution in [-0.2, 0) is 14.3 Å². The molecular weight excluding hydrogens is 321 g/mol. The number of allylic oxidation sites excluding steroid dienone is 2. The number of fused-ring (bicyclic) bond motifs is 1. The van der Waals surface area contributed by atoms with Crippen molar-refractivity contribution in [1.82, 2.24) is 0 Å². The number of alkyl halides is 3. The Labute approximate surface area is 128 Å². The highest BCUT2D eigenvalue weighted by molar-refractivity contribution is 7.87. The van der Waals surface area contributed by atoms with Crippen LogP contribution >= 0.6 is 0 Å². The summed E-state index contributed by atoms with van der Waals surface area (Å²) in [6, 6.07) is 0. The van der Waals surface area contributed by atoms with Gasteiger partial charge in [-0.1, -0.05) is 13.8 Å². The molecule has 1 N–H and O–H groups in total. The van der Waals surface area contributed by atoms with Gasteiger partial charge in [0.1, 0.15) is 5.76 Å². The lowest BCUT2D eigenvalue weighted by Crippen LogP contribution is -2.37. The number of hydrogen-bond acceptors (Lipinski definition) is 4. The minimum Gasteiger partial charge on any atom is -0.396 e. The first-order valence-corrected chi connectivity index (χ1v) is 8.75. The van der Waals surface area contributed by atoms with Gasteiger partial charge >= 0.3 is 15.6 Å². The zero-order valence-corrected chi connectivity index (χ0v) is 13.4. The molecule has 1 fully saturated rings. The number of hydrogen-bond donors (Lipinski definition) is 1. The molecule has 2 aliphatic rings. The fourth-order valence-corrected chi connectivity index (χ4v) is 4.62. The Kier molecular flexibility index (Phi) is 4.56. The predicted octanol–water partition coefficient (Wildman–Crippen LogP) is 3.19. The zero-order chi connectivity index (χ0) is 16.8. The van der Waals surface area contributed by atoms with Crippen molar-refractivity contribution in [3.63, 3.8) is 0 Å². The van der Waals surface area contributed by atoms with Crippen molar-refractivity contribution in [3.05, 3.63) is 11.8 Å². The van der Waals surface area contributed by atoms with E-state index in [-0.39, 0.29) is 35.5 Å². The van der Waals surface area contributed by atoms with E-state index in [0.29, 0.717) is 12.8 Å². The minimum absolute atomic E-state index is 0.00767. The standard InChI is InChI=1S/C14H21F3O4S/c1-9(8-18)10-5-6-11-12(4-3-7-13(10,11)2)21-22(19,20)14(15,16)17/h4,9-11,18H,3,5-8H2,1-2H3. The molecule has 4 unspecified atom stereocenters. The Morgan fingerprint density at radius 1 is 1.45 bits per heavy atom. The van der Waals surface area contributed by atoms with Crippen molar-refractivity contribution in [2.45, 2.75) is 45.0 Å². The molecule has 1 saturated carbocycles. The topological polar surface area (TPSA) is 63.6 Å². The summed E-state index contributed by atoms with van der Waals surface area (Å²) in [6.07, 6.45) is 4.01. The maximum atomic E-state index is 12.5. The Bertz CT molecular complexity index is 555. The Morgan fingerprint density at radius 2 is 2.09 bits per heavy atom. The lowest BCUT2D eigenvalue weighted by atomic mass is 9.64. The SMILES string of the molecule is CC(CO)C1CCC2C(OS(=O)(=O)C(F)(F)F)=CCCC21C. The van der Waals surface area contributed by atoms with Gasteiger partial charge in [0.2, 0.25) is 0 Å². The molecule has 128 valence electrons. The molecule has 22 heavy (non-hydrogen) atoms. The van der Waals surface area contributed by atoms with Crippen LogP contribution in [0.2, 0.25) is 0 Å². The van der Waals surface area contributed by atoms with Gasteiger partial charge in [-0.05, 0) is 49.0 Å². The molecule has 0 saturated heterocycles. The van der Waals surface area contributed by atoms with Crippen molar-refractivity contribution in [2.24, 2.45) is 23.2 Å². The van der Waals surface area contributed by atoms with E-state index < -0.39 is 15.6 Å². The molecule has 2 aliphatic carbocycles. The predicted molar refractivity (Wildman–Crippen MR) is 73.9 cm³/mol. The van der Waals surface area contributed by atoms with Crippen LogP contribution in [0, 0.1) is 23.2 Å². The molecule has 0 aromatic heterocycles. The summed E-state index contributed by atoms with van der Waals surface area (Å²) in [5.74, 6) is -0.270. The monoisotopic (exact) mass is 342 g/mol. The van der Waals surface area contributed by atoms with Crippen LogP contribution in [0.3, 0.4) is 0 Å². The number of aliphatic hydroxyl groups excluding tert-OH is 1. The lowest BCUT2D eigenvalue weighted by molar-refractivity contribution is -0.0537. The average molecular weight is 342 g/mol. The maximum absolute atomic E-state index is 12.5. The van der Waals surface area contributed by atoms with Crippen LogP contribution in [0.1, 0.15) is 39.5 Å². The highest BCUT2D eigenvalue weighted by atomic mass is 32.2. The molecule has 0 radical (unpaired) electrons. The number of aliphatic hydroxyl groups is 1. The molecule has 0 bridgehead atoms. The quantitative estimate of drug-likeness (QED) is 0.629. The molecule has 2 rings (SSSR count). The molecule has 0 amide bonds. The summed E-state index contributed by atoms with van der Waals surface area (Å²) < 4.78 is 64.5. The zero-order valence-electron chi connectivity index (χ0n) is 12.6. The third kappa shape index (κ3) is 2.87. The first-order valence-electron chi connectivity index (χ1n) is 7.34. The molecule has 4 atom stereocenters. The second kappa shape index (κ2) is 5.70. The molecule has 4 nitrogen and oxygen atoms in total. The van der Waals surface area contributed by atoms with Gasteiger partial charge in [0.15, 0.2) is 0 Å². The lowest BCUT2D eigenvalue weighted by Gasteiger charge is -2.42. The number of halogens is 3. The Morgan fingerprint density at radius 3 is 2.64 bits per heavy atom. The van der Waals surface area contributed by atoms with Crippen molar-refractivity contribution in [2.75, 3.05) is 6.61 Å². The van der Waals surface area contributed by atoms with Crippen LogP contribution in [0.15, 0.2) is 11.8 Å². The van der Waals surface area contributed by atoms with Crippen LogP contribution in [0.5, 0.6) is 0 Å². The fourth-order valence-electron chi connectivity index (χ4n) is 4.09. The van der Waals surface area contributed by atoms with Gasteiger partial charge in [0.05, 0.1) is 0 Å². The highest BCUT2D eigenvalue weighted by Crippen LogP contribution is 2.58. The molecule has 8 heteroatoms. The maximum Gasteiger partial charge on any atom is 0.534 e. The summed E-state index contributed by atoms with van der Waals surface area (Å²) in [6.45, 7) is 3.87. The van der Waals surface area contributed by atoms with Crippen LogP contribution in [0.25, 0.3) is 0 Å². The second-order valence-corrected chi connectivity index (χ2v) is 8.07. The van der Waals surface area contributed by atoms with Gasteiger partial charge in [-0.2, -0.15) is 21.6 Å². The normalized spacial score (nSPS) is 34.0. The fraction of sp³-hybridized carbons (Fsp3) is 0.857. The van der Waals surface area contributed by atoms with Gasteiger partial charge < -0.3 is 9.29 Å². The second-order valence-electron chi connectivity index (χ2n) is 6.53. The first-order chi connectivity index (χ1) is 10.0. The largest absolute Gasteiger partial charge is 0.534 e. The highest BCUT2D eigenvalue weighted by Gasteiger charge is 2.54. The van der Waals surface area contributed by atoms with E-state index >= 15 is 0 Å². The van der Waals surface area contributed by atoms with Crippen LogP contribution in [-0.4, -0.2) is 25.6 Å². The van der Waals surface area contributed by atoms with Crippen molar-refractivity contribution >= 4 is 10.1 Å². The average Bonchev–Trinajstić information content (AvgIpc) is 2.74. The summed E-state index contributed by atoms with van der Waals surface area (Å²) in [4.78, 5) is 0. The molecule has 0 heterocycles. The van der Waals surface area contributed by atoms with E-state index in [1.54, 1.807) is 0 Å². The molecule has 0 aromatic carbocycles. The van der Waals surface area contributed by atoms with E-state index in [0.717, 1.165) is 12.8 Å². The van der Waals surface area contributed by atoms with Crippen LogP contribution < -0.4 is 0 Å². The molecular formula is C14H21F3O4S. The van der Waals surface area contributed by atoms with E-state index in [2.05, 4.69) is 4.18 Å². The van der Waals surface area contributed by atoms with Crippen molar-refractivity contribution in [3.8, 4) is 0 Å². The molecule has 0 aliphatic heterocycles. The van der Waals surface area contributed by atoms with Gasteiger partial charge in [0.25, 0.3) is 0 Å².